The SMILES string of the molecule is CN(C)c1cc(CCc2nc(C(F)(F)F)co2)c(O)c2c1C[C@H]1C[C@H]3[C@H](N(C)C)C(=O)C(C(N)=O)=C(O)[C@@]3(O)C(=O)C1=C2O. The van der Waals surface area contributed by atoms with Crippen molar-refractivity contribution in [2.75, 3.05) is 33.1 Å². The molecule has 0 spiro atoms. The lowest BCUT2D eigenvalue weighted by Gasteiger charge is -2.50. The third-order valence-electron chi connectivity index (χ3n) is 8.71. The molecule has 3 aliphatic rings. The van der Waals surface area contributed by atoms with E-state index in [2.05, 4.69) is 4.98 Å². The number of rotatable bonds is 6. The minimum atomic E-state index is -4.70. The summed E-state index contributed by atoms with van der Waals surface area (Å²) in [5.74, 6) is -7.82. The fourth-order valence-corrected chi connectivity index (χ4v) is 6.73. The van der Waals surface area contributed by atoms with Gasteiger partial charge >= 0.3 is 6.18 Å². The molecule has 236 valence electrons. The van der Waals surface area contributed by atoms with E-state index in [1.807, 2.05) is 0 Å². The summed E-state index contributed by atoms with van der Waals surface area (Å²) in [5, 5.41) is 45.6. The first-order chi connectivity index (χ1) is 20.4. The van der Waals surface area contributed by atoms with Crippen LogP contribution in [0.4, 0.5) is 18.9 Å². The van der Waals surface area contributed by atoms with Crippen LogP contribution in [-0.2, 0) is 39.8 Å². The molecule has 15 heteroatoms. The molecule has 0 unspecified atom stereocenters. The van der Waals surface area contributed by atoms with Crippen molar-refractivity contribution in [2.45, 2.75) is 43.5 Å². The number of nitrogens with two attached hydrogens (primary N) is 1. The Bertz CT molecular complexity index is 1660. The monoisotopic (exact) mass is 620 g/mol. The summed E-state index contributed by atoms with van der Waals surface area (Å²) in [4.78, 5) is 46.0. The topological polar surface area (TPSA) is 191 Å². The number of aromatic hydroxyl groups is 1. The lowest BCUT2D eigenvalue weighted by atomic mass is 9.57. The number of amides is 1. The van der Waals surface area contributed by atoms with Crippen molar-refractivity contribution < 1.29 is 52.4 Å². The Balaban J connectivity index is 1.63. The number of alkyl halides is 3. The Hall–Kier alpha value is -4.37. The number of Topliss-reactive ketones (excluding diaryl/α,β-unsaturated/α-hetero) is 2. The van der Waals surface area contributed by atoms with Gasteiger partial charge in [0.15, 0.2) is 23.0 Å². The number of hydrogen-bond acceptors (Lipinski definition) is 11. The first-order valence-electron chi connectivity index (χ1n) is 13.6. The van der Waals surface area contributed by atoms with E-state index in [1.54, 1.807) is 25.1 Å². The third kappa shape index (κ3) is 4.53. The van der Waals surface area contributed by atoms with Crippen molar-refractivity contribution in [1.82, 2.24) is 9.88 Å². The van der Waals surface area contributed by atoms with Gasteiger partial charge in [-0.1, -0.05) is 0 Å². The summed E-state index contributed by atoms with van der Waals surface area (Å²) in [5.41, 5.74) is 1.24. The first kappa shape index (κ1) is 31.1. The summed E-state index contributed by atoms with van der Waals surface area (Å²) in [6.07, 6.45) is -4.37. The Morgan fingerprint density at radius 3 is 2.36 bits per heavy atom. The number of anilines is 1. The molecule has 1 aromatic heterocycles. The zero-order chi connectivity index (χ0) is 32.6. The molecule has 5 rings (SSSR count). The highest BCUT2D eigenvalue weighted by atomic mass is 19.4. The van der Waals surface area contributed by atoms with Crippen LogP contribution in [0.2, 0.25) is 0 Å². The molecule has 0 radical (unpaired) electrons. The standard InChI is InChI=1S/C29H31F3N4O8/c1-35(2)15-9-11(5-6-17-34-16(10-44-17)29(30,31)32)22(37)19-13(15)7-12-8-14-21(36(3)4)24(39)20(27(33)42)26(41)28(14,43)25(40)18(12)23(19)38/h9-10,12,14,21,37-38,41,43H,5-8H2,1-4H3,(H2,33,42)/t12-,14-,21-,28-/m0/s1. The highest BCUT2D eigenvalue weighted by Gasteiger charge is 2.64. The summed E-state index contributed by atoms with van der Waals surface area (Å²) >= 11 is 0. The van der Waals surface area contributed by atoms with Gasteiger partial charge in [0.2, 0.25) is 5.78 Å². The molecule has 1 saturated carbocycles. The second-order valence-corrected chi connectivity index (χ2v) is 11.7. The summed E-state index contributed by atoms with van der Waals surface area (Å²) in [7, 11) is 6.44. The van der Waals surface area contributed by atoms with Gasteiger partial charge in [0.05, 0.1) is 11.6 Å². The predicted molar refractivity (Wildman–Crippen MR) is 147 cm³/mol. The van der Waals surface area contributed by atoms with Crippen LogP contribution in [-0.4, -0.2) is 87.6 Å². The van der Waals surface area contributed by atoms with Gasteiger partial charge in [-0.3, -0.25) is 19.3 Å². The number of aryl methyl sites for hydroxylation is 2. The van der Waals surface area contributed by atoms with Gasteiger partial charge in [0, 0.05) is 37.7 Å². The maximum Gasteiger partial charge on any atom is 0.436 e. The number of fused-ring (bicyclic) bond motifs is 3. The zero-order valence-electron chi connectivity index (χ0n) is 24.2. The maximum absolute atomic E-state index is 14.0. The van der Waals surface area contributed by atoms with Crippen LogP contribution in [0.5, 0.6) is 5.75 Å². The van der Waals surface area contributed by atoms with Gasteiger partial charge in [-0.15, -0.1) is 0 Å². The van der Waals surface area contributed by atoms with Crippen molar-refractivity contribution in [3.05, 3.63) is 57.5 Å². The molecule has 2 aromatic rings. The molecule has 1 fully saturated rings. The number of ketones is 2. The van der Waals surface area contributed by atoms with E-state index in [0.717, 1.165) is 0 Å². The van der Waals surface area contributed by atoms with Crippen molar-refractivity contribution in [2.24, 2.45) is 17.6 Å². The molecular weight excluding hydrogens is 589 g/mol. The number of aliphatic hydroxyl groups excluding tert-OH is 2. The Labute approximate surface area is 248 Å². The number of aromatic nitrogens is 1. The van der Waals surface area contributed by atoms with Crippen LogP contribution in [0, 0.1) is 11.8 Å². The van der Waals surface area contributed by atoms with E-state index < -0.39 is 75.7 Å². The Morgan fingerprint density at radius 1 is 1.16 bits per heavy atom. The molecule has 0 saturated heterocycles. The van der Waals surface area contributed by atoms with Crippen molar-refractivity contribution in [3.63, 3.8) is 0 Å². The quantitative estimate of drug-likeness (QED) is 0.296. The third-order valence-corrected chi connectivity index (χ3v) is 8.71. The molecule has 1 aromatic carbocycles. The highest BCUT2D eigenvalue weighted by molar-refractivity contribution is 6.24. The van der Waals surface area contributed by atoms with Crippen LogP contribution < -0.4 is 10.6 Å². The number of aliphatic hydroxyl groups is 3. The number of likely N-dealkylation sites (N-methyl/N-ethyl adjacent to an activating group) is 1. The van der Waals surface area contributed by atoms with Gasteiger partial charge in [-0.2, -0.15) is 13.2 Å². The van der Waals surface area contributed by atoms with Crippen LogP contribution in [0.15, 0.2) is 33.7 Å². The summed E-state index contributed by atoms with van der Waals surface area (Å²) in [6, 6.07) is 0.409. The largest absolute Gasteiger partial charge is 0.508 e. The molecule has 12 nitrogen and oxygen atoms in total. The molecule has 0 bridgehead atoms. The second-order valence-electron chi connectivity index (χ2n) is 11.7. The van der Waals surface area contributed by atoms with E-state index in [1.165, 1.54) is 19.0 Å². The van der Waals surface area contributed by atoms with Crippen LogP contribution >= 0.6 is 0 Å². The van der Waals surface area contributed by atoms with E-state index in [4.69, 9.17) is 10.2 Å². The van der Waals surface area contributed by atoms with Gasteiger partial charge in [-0.25, -0.2) is 4.98 Å². The molecule has 4 atom stereocenters. The summed E-state index contributed by atoms with van der Waals surface area (Å²) < 4.78 is 43.8. The highest BCUT2D eigenvalue weighted by Crippen LogP contribution is 2.54. The minimum absolute atomic E-state index is 0.0537. The molecule has 6 N–H and O–H groups in total. The summed E-state index contributed by atoms with van der Waals surface area (Å²) in [6.45, 7) is 0. The van der Waals surface area contributed by atoms with Crippen LogP contribution in [0.25, 0.3) is 5.76 Å². The van der Waals surface area contributed by atoms with E-state index >= 15 is 0 Å². The number of hydrogen-bond donors (Lipinski definition) is 5. The lowest BCUT2D eigenvalue weighted by Crippen LogP contribution is -2.65. The number of halogens is 3. The van der Waals surface area contributed by atoms with Crippen molar-refractivity contribution >= 4 is 28.9 Å². The van der Waals surface area contributed by atoms with E-state index in [9.17, 15) is 48.0 Å². The molecule has 3 aliphatic carbocycles. The normalized spacial score (nSPS) is 25.2. The van der Waals surface area contributed by atoms with Gasteiger partial charge in [0.25, 0.3) is 5.91 Å². The van der Waals surface area contributed by atoms with E-state index in [-0.39, 0.29) is 48.3 Å². The van der Waals surface area contributed by atoms with Gasteiger partial charge < -0.3 is 35.5 Å². The first-order valence-corrected chi connectivity index (χ1v) is 13.6. The van der Waals surface area contributed by atoms with Crippen LogP contribution in [0.3, 0.4) is 0 Å². The predicted octanol–water partition coefficient (Wildman–Crippen LogP) is 1.82. The lowest BCUT2D eigenvalue weighted by molar-refractivity contribution is -0.153. The molecular formula is C29H31F3N4O8. The Morgan fingerprint density at radius 2 is 1.82 bits per heavy atom. The average Bonchev–Trinajstić information content (AvgIpc) is 3.39. The Kier molecular flexibility index (Phi) is 7.32. The smallest absolute Gasteiger partial charge is 0.436 e. The molecule has 1 amide bonds. The number of oxazole rings is 1. The fraction of sp³-hybridized carbons (Fsp3) is 0.448. The molecule has 0 aliphatic heterocycles. The molecule has 1 heterocycles. The number of primary amides is 1. The number of benzene rings is 1. The minimum Gasteiger partial charge on any atom is -0.508 e. The fourth-order valence-electron chi connectivity index (χ4n) is 6.73. The van der Waals surface area contributed by atoms with Crippen molar-refractivity contribution in [3.8, 4) is 5.75 Å². The second kappa shape index (κ2) is 10.4. The molecule has 44 heavy (non-hydrogen) atoms. The number of nitrogens with zero attached hydrogens (tertiary/aromatic N) is 3. The van der Waals surface area contributed by atoms with Crippen LogP contribution in [0.1, 0.15) is 34.7 Å². The maximum atomic E-state index is 14.0. The van der Waals surface area contributed by atoms with E-state index in [0.29, 0.717) is 17.5 Å². The zero-order valence-corrected chi connectivity index (χ0v) is 24.2. The number of phenolic OH excluding ortho intramolecular Hbond substituents is 1. The number of carbonyl (C=O) groups is 3. The average molecular weight is 621 g/mol. The number of carbonyl (C=O) groups excluding carboxylic acids is 3. The number of phenols is 1. The van der Waals surface area contributed by atoms with Gasteiger partial charge in [-0.05, 0) is 56.5 Å². The van der Waals surface area contributed by atoms with Crippen molar-refractivity contribution in [1.29, 1.82) is 0 Å². The van der Waals surface area contributed by atoms with Gasteiger partial charge in [0.1, 0.15) is 29.1 Å².